The van der Waals surface area contributed by atoms with Crippen LogP contribution in [0.25, 0.3) is 0 Å². The van der Waals surface area contributed by atoms with Crippen molar-refractivity contribution in [1.82, 2.24) is 4.98 Å². The van der Waals surface area contributed by atoms with Crippen molar-refractivity contribution in [3.63, 3.8) is 0 Å². The highest BCUT2D eigenvalue weighted by molar-refractivity contribution is 6.31. The zero-order valence-corrected chi connectivity index (χ0v) is 7.76. The maximum atomic E-state index is 8.82. The summed E-state index contributed by atoms with van der Waals surface area (Å²) in [5.74, 6) is 0. The van der Waals surface area contributed by atoms with E-state index < -0.39 is 5.41 Å². The number of pyridine rings is 1. The molecule has 0 atom stereocenters. The van der Waals surface area contributed by atoms with E-state index in [9.17, 15) is 0 Å². The number of aromatic nitrogens is 1. The van der Waals surface area contributed by atoms with Crippen LogP contribution >= 0.6 is 11.6 Å². The summed E-state index contributed by atoms with van der Waals surface area (Å²) >= 11 is 5.87. The zero-order chi connectivity index (χ0) is 9.19. The van der Waals surface area contributed by atoms with Gasteiger partial charge in [-0.2, -0.15) is 5.26 Å². The van der Waals surface area contributed by atoms with Gasteiger partial charge in [0.2, 0.25) is 0 Å². The molecule has 0 aromatic carbocycles. The Morgan fingerprint density at radius 1 is 1.58 bits per heavy atom. The van der Waals surface area contributed by atoms with Gasteiger partial charge >= 0.3 is 0 Å². The number of rotatable bonds is 1. The lowest BCUT2D eigenvalue weighted by Gasteiger charge is -2.14. The van der Waals surface area contributed by atoms with E-state index in [1.807, 2.05) is 0 Å². The Balaban J connectivity index is 3.22. The van der Waals surface area contributed by atoms with Crippen molar-refractivity contribution < 1.29 is 0 Å². The van der Waals surface area contributed by atoms with Gasteiger partial charge in [-0.15, -0.1) is 0 Å². The zero-order valence-electron chi connectivity index (χ0n) is 7.00. The van der Waals surface area contributed by atoms with Gasteiger partial charge in [-0.3, -0.25) is 4.98 Å². The van der Waals surface area contributed by atoms with Crippen molar-refractivity contribution in [1.29, 1.82) is 5.26 Å². The van der Waals surface area contributed by atoms with E-state index in [1.165, 1.54) is 0 Å². The number of nitrogens with zero attached hydrogens (tertiary/aromatic N) is 2. The molecule has 0 N–H and O–H groups in total. The highest BCUT2D eigenvalue weighted by atomic mass is 35.5. The van der Waals surface area contributed by atoms with Crippen LogP contribution in [0.1, 0.15) is 19.5 Å². The first-order chi connectivity index (χ1) is 5.58. The molecule has 0 radical (unpaired) electrons. The molecule has 1 aromatic heterocycles. The average molecular weight is 181 g/mol. The van der Waals surface area contributed by atoms with Crippen molar-refractivity contribution in [3.05, 3.63) is 29.0 Å². The molecule has 1 heterocycles. The van der Waals surface area contributed by atoms with Gasteiger partial charge in [0.1, 0.15) is 0 Å². The lowest BCUT2D eigenvalue weighted by molar-refractivity contribution is 0.660. The van der Waals surface area contributed by atoms with Crippen LogP contribution in [0.5, 0.6) is 0 Å². The topological polar surface area (TPSA) is 36.7 Å². The predicted octanol–water partition coefficient (Wildman–Crippen LogP) is 2.54. The standard InChI is InChI=1S/C9H9ClN2/c1-9(2,6-11)8-7(10)4-3-5-12-8/h3-5H,1-2H3. The van der Waals surface area contributed by atoms with E-state index in [4.69, 9.17) is 16.9 Å². The van der Waals surface area contributed by atoms with Crippen LogP contribution < -0.4 is 0 Å². The molecule has 2 nitrogen and oxygen atoms in total. The number of hydrogen-bond acceptors (Lipinski definition) is 2. The van der Waals surface area contributed by atoms with Crippen molar-refractivity contribution in [2.75, 3.05) is 0 Å². The van der Waals surface area contributed by atoms with E-state index in [1.54, 1.807) is 32.2 Å². The van der Waals surface area contributed by atoms with Crippen molar-refractivity contribution in [2.45, 2.75) is 19.3 Å². The highest BCUT2D eigenvalue weighted by Gasteiger charge is 2.23. The Bertz CT molecular complexity index is 326. The molecule has 3 heteroatoms. The van der Waals surface area contributed by atoms with E-state index >= 15 is 0 Å². The Morgan fingerprint density at radius 3 is 2.75 bits per heavy atom. The third-order valence-corrected chi connectivity index (χ3v) is 1.93. The molecule has 0 aliphatic rings. The molecule has 0 amide bonds. The first-order valence-electron chi connectivity index (χ1n) is 3.60. The summed E-state index contributed by atoms with van der Waals surface area (Å²) < 4.78 is 0. The Morgan fingerprint density at radius 2 is 2.25 bits per heavy atom. The molecule has 1 aromatic rings. The van der Waals surface area contributed by atoms with Gasteiger partial charge in [0.25, 0.3) is 0 Å². The number of hydrogen-bond donors (Lipinski definition) is 0. The average Bonchev–Trinajstić information content (AvgIpc) is 2.05. The summed E-state index contributed by atoms with van der Waals surface area (Å²) in [6.45, 7) is 3.59. The Hall–Kier alpha value is -1.07. The second kappa shape index (κ2) is 3.12. The summed E-state index contributed by atoms with van der Waals surface area (Å²) in [4.78, 5) is 4.07. The molecule has 0 bridgehead atoms. The maximum Gasteiger partial charge on any atom is 0.0952 e. The van der Waals surface area contributed by atoms with Crippen LogP contribution in [-0.2, 0) is 5.41 Å². The van der Waals surface area contributed by atoms with Gasteiger partial charge < -0.3 is 0 Å². The summed E-state index contributed by atoms with van der Waals surface area (Å²) in [7, 11) is 0. The van der Waals surface area contributed by atoms with Crippen LogP contribution in [0.3, 0.4) is 0 Å². The molecule has 62 valence electrons. The van der Waals surface area contributed by atoms with Crippen LogP contribution in [0.2, 0.25) is 5.02 Å². The summed E-state index contributed by atoms with van der Waals surface area (Å²) in [5, 5.41) is 9.37. The van der Waals surface area contributed by atoms with Gasteiger partial charge in [0, 0.05) is 6.20 Å². The lowest BCUT2D eigenvalue weighted by atomic mass is 9.91. The molecular weight excluding hydrogens is 172 g/mol. The Kier molecular flexibility index (Phi) is 2.35. The fraction of sp³-hybridized carbons (Fsp3) is 0.333. The largest absolute Gasteiger partial charge is 0.258 e. The van der Waals surface area contributed by atoms with Gasteiger partial charge in [-0.05, 0) is 26.0 Å². The molecule has 0 saturated carbocycles. The predicted molar refractivity (Wildman–Crippen MR) is 47.9 cm³/mol. The molecule has 1 rings (SSSR count). The van der Waals surface area contributed by atoms with Gasteiger partial charge in [-0.25, -0.2) is 0 Å². The summed E-state index contributed by atoms with van der Waals surface area (Å²) in [6, 6.07) is 5.64. The maximum absolute atomic E-state index is 8.82. The molecule has 0 unspecified atom stereocenters. The van der Waals surface area contributed by atoms with Crippen molar-refractivity contribution >= 4 is 11.6 Å². The van der Waals surface area contributed by atoms with E-state index in [-0.39, 0.29) is 0 Å². The number of nitriles is 1. The second-order valence-electron chi connectivity index (χ2n) is 3.07. The SMILES string of the molecule is CC(C)(C#N)c1ncccc1Cl. The van der Waals surface area contributed by atoms with E-state index in [0.29, 0.717) is 10.7 Å². The van der Waals surface area contributed by atoms with Crippen molar-refractivity contribution in [3.8, 4) is 6.07 Å². The lowest BCUT2D eigenvalue weighted by Crippen LogP contribution is -2.16. The molecule has 0 aliphatic carbocycles. The fourth-order valence-electron chi connectivity index (χ4n) is 0.899. The molecule has 12 heavy (non-hydrogen) atoms. The van der Waals surface area contributed by atoms with Crippen LogP contribution in [0, 0.1) is 11.3 Å². The van der Waals surface area contributed by atoms with Gasteiger partial charge in [0.15, 0.2) is 0 Å². The summed E-state index contributed by atoms with van der Waals surface area (Å²) in [6.07, 6.45) is 1.64. The normalized spacial score (nSPS) is 10.8. The van der Waals surface area contributed by atoms with Gasteiger partial charge in [0.05, 0.1) is 22.2 Å². The molecule has 0 saturated heterocycles. The quantitative estimate of drug-likeness (QED) is 0.666. The highest BCUT2D eigenvalue weighted by Crippen LogP contribution is 2.26. The van der Waals surface area contributed by atoms with Crippen LogP contribution in [-0.4, -0.2) is 4.98 Å². The van der Waals surface area contributed by atoms with E-state index in [0.717, 1.165) is 0 Å². The first-order valence-corrected chi connectivity index (χ1v) is 3.98. The fourth-order valence-corrected chi connectivity index (χ4v) is 1.26. The molecule has 0 aliphatic heterocycles. The van der Waals surface area contributed by atoms with Crippen molar-refractivity contribution in [2.24, 2.45) is 0 Å². The first kappa shape index (κ1) is 9.02. The monoisotopic (exact) mass is 180 g/mol. The van der Waals surface area contributed by atoms with Crippen LogP contribution in [0.4, 0.5) is 0 Å². The second-order valence-corrected chi connectivity index (χ2v) is 3.48. The molecule has 0 fully saturated rings. The molecular formula is C9H9ClN2. The minimum Gasteiger partial charge on any atom is -0.258 e. The Labute approximate surface area is 76.8 Å². The minimum atomic E-state index is -0.613. The smallest absolute Gasteiger partial charge is 0.0952 e. The number of halogens is 1. The van der Waals surface area contributed by atoms with Crippen LogP contribution in [0.15, 0.2) is 18.3 Å². The minimum absolute atomic E-state index is 0.545. The van der Waals surface area contributed by atoms with E-state index in [2.05, 4.69) is 11.1 Å². The summed E-state index contributed by atoms with van der Waals surface area (Å²) in [5.41, 5.74) is 0.0207. The third-order valence-electron chi connectivity index (χ3n) is 1.63. The third kappa shape index (κ3) is 1.57. The molecule has 0 spiro atoms. The van der Waals surface area contributed by atoms with Gasteiger partial charge in [-0.1, -0.05) is 11.6 Å².